The molecule has 11 heteroatoms. The van der Waals surface area contributed by atoms with E-state index in [4.69, 9.17) is 9.97 Å². The molecule has 3 aromatic heterocycles. The Bertz CT molecular complexity index is 1990. The van der Waals surface area contributed by atoms with Crippen LogP contribution in [0.4, 0.5) is 21.6 Å². The molecule has 0 unspecified atom stereocenters. The van der Waals surface area contributed by atoms with Gasteiger partial charge < -0.3 is 19.7 Å². The molecule has 2 amide bonds. The van der Waals surface area contributed by atoms with Crippen LogP contribution in [0.1, 0.15) is 83.7 Å². The summed E-state index contributed by atoms with van der Waals surface area (Å²) in [7, 11) is 0. The molecule has 6 aliphatic rings. The molecule has 2 saturated carbocycles. The van der Waals surface area contributed by atoms with Crippen molar-refractivity contribution in [3.05, 3.63) is 60.4 Å². The molecular formula is C39H45FN8O2. The second-order valence-corrected chi connectivity index (χ2v) is 15.6. The highest BCUT2D eigenvalue weighted by molar-refractivity contribution is 6.09. The highest BCUT2D eigenvalue weighted by Crippen LogP contribution is 2.53. The lowest BCUT2D eigenvalue weighted by Crippen LogP contribution is -2.62. The fraction of sp³-hybridized carbons (Fsp3) is 0.513. The molecule has 1 aromatic carbocycles. The van der Waals surface area contributed by atoms with E-state index in [1.54, 1.807) is 25.5 Å². The quantitative estimate of drug-likeness (QED) is 0.246. The van der Waals surface area contributed by atoms with Gasteiger partial charge in [-0.15, -0.1) is 0 Å². The highest BCUT2D eigenvalue weighted by Gasteiger charge is 2.56. The topological polar surface area (TPSA) is 99.5 Å². The summed E-state index contributed by atoms with van der Waals surface area (Å²) in [6.07, 6.45) is 13.1. The van der Waals surface area contributed by atoms with Crippen molar-refractivity contribution in [2.24, 2.45) is 5.92 Å². The third-order valence-electron chi connectivity index (χ3n) is 12.6. The fourth-order valence-corrected chi connectivity index (χ4v) is 9.68. The highest BCUT2D eigenvalue weighted by atomic mass is 19.1. The van der Waals surface area contributed by atoms with E-state index in [1.807, 2.05) is 15.5 Å². The van der Waals surface area contributed by atoms with E-state index in [0.717, 1.165) is 46.6 Å². The zero-order valence-electron chi connectivity index (χ0n) is 29.1. The first kappa shape index (κ1) is 31.6. The van der Waals surface area contributed by atoms with Crippen LogP contribution in [-0.2, 0) is 15.0 Å². The maximum atomic E-state index is 14.8. The van der Waals surface area contributed by atoms with Crippen molar-refractivity contribution in [2.45, 2.75) is 102 Å². The minimum absolute atomic E-state index is 0.0628. The van der Waals surface area contributed by atoms with Gasteiger partial charge in [0.15, 0.2) is 11.6 Å². The standard InChI is InChI=1S/C39H45FN8O2/c1-23(2)47-22-42-34-19-33(44-37(36(34)47)43-32-10-13-41-20-31(32)40)26-6-9-30-35(16-26)48(38(50)39(30)11-14-45(15-12-39)24(3)49)29-17-28(18-29)46-21-25-4-7-27(46)8-5-25/h6,9-10,13,16,19-20,22-23,25,27-29H,4-5,7-8,11-12,14-15,17-18,21H2,1-3H3,(H,41,43,44). The summed E-state index contributed by atoms with van der Waals surface area (Å²) >= 11 is 0. The number of anilines is 3. The molecule has 2 aliphatic carbocycles. The summed E-state index contributed by atoms with van der Waals surface area (Å²) in [5.41, 5.74) is 4.81. The van der Waals surface area contributed by atoms with E-state index in [0.29, 0.717) is 49.5 Å². The number of nitrogens with zero attached hydrogens (tertiary/aromatic N) is 7. The van der Waals surface area contributed by atoms with Gasteiger partial charge in [-0.1, -0.05) is 12.1 Å². The van der Waals surface area contributed by atoms with E-state index < -0.39 is 11.2 Å². The lowest BCUT2D eigenvalue weighted by Gasteiger charge is -2.54. The van der Waals surface area contributed by atoms with Gasteiger partial charge in [-0.25, -0.2) is 14.4 Å². The average Bonchev–Trinajstić information content (AvgIpc) is 3.64. The Labute approximate surface area is 292 Å². The predicted molar refractivity (Wildman–Crippen MR) is 191 cm³/mol. The van der Waals surface area contributed by atoms with E-state index >= 15 is 0 Å². The number of carbonyl (C=O) groups is 2. The molecule has 2 bridgehead atoms. The molecule has 0 radical (unpaired) electrons. The van der Waals surface area contributed by atoms with Crippen LogP contribution in [0.3, 0.4) is 0 Å². The van der Waals surface area contributed by atoms with Gasteiger partial charge in [0.2, 0.25) is 11.8 Å². The summed E-state index contributed by atoms with van der Waals surface area (Å²) < 4.78 is 16.9. The lowest BCUT2D eigenvalue weighted by atomic mass is 9.73. The fourth-order valence-electron chi connectivity index (χ4n) is 9.68. The van der Waals surface area contributed by atoms with Crippen molar-refractivity contribution in [3.63, 3.8) is 0 Å². The number of hydrogen-bond donors (Lipinski definition) is 1. The summed E-state index contributed by atoms with van der Waals surface area (Å²) in [4.78, 5) is 47.5. The number of likely N-dealkylation sites (tertiary alicyclic amines) is 1. The third-order valence-corrected chi connectivity index (χ3v) is 12.6. The summed E-state index contributed by atoms with van der Waals surface area (Å²) in [5.74, 6) is 1.12. The minimum Gasteiger partial charge on any atom is -0.343 e. The number of amides is 2. The van der Waals surface area contributed by atoms with Crippen LogP contribution < -0.4 is 10.2 Å². The van der Waals surface area contributed by atoms with Crippen LogP contribution >= 0.6 is 0 Å². The molecule has 50 heavy (non-hydrogen) atoms. The van der Waals surface area contributed by atoms with E-state index in [-0.39, 0.29) is 29.6 Å². The second-order valence-electron chi connectivity index (χ2n) is 15.6. The lowest BCUT2D eigenvalue weighted by molar-refractivity contribution is -0.134. The largest absolute Gasteiger partial charge is 0.343 e. The van der Waals surface area contributed by atoms with Gasteiger partial charge >= 0.3 is 0 Å². The normalized spacial score (nSPS) is 25.8. The summed E-state index contributed by atoms with van der Waals surface area (Å²) in [5, 5.41) is 3.23. The second kappa shape index (κ2) is 11.9. The summed E-state index contributed by atoms with van der Waals surface area (Å²) in [6.45, 7) is 8.14. The van der Waals surface area contributed by atoms with Gasteiger partial charge in [0, 0.05) is 68.2 Å². The third kappa shape index (κ3) is 4.94. The van der Waals surface area contributed by atoms with E-state index in [9.17, 15) is 14.0 Å². The van der Waals surface area contributed by atoms with Gasteiger partial charge in [-0.3, -0.25) is 19.5 Å². The van der Waals surface area contributed by atoms with Crippen LogP contribution in [0.25, 0.3) is 22.3 Å². The Morgan fingerprint density at radius 2 is 1.80 bits per heavy atom. The molecule has 4 aliphatic heterocycles. The molecule has 5 fully saturated rings. The minimum atomic E-state index is -0.631. The first-order chi connectivity index (χ1) is 24.2. The number of hydrogen-bond acceptors (Lipinski definition) is 7. The van der Waals surface area contributed by atoms with Crippen molar-refractivity contribution in [1.29, 1.82) is 0 Å². The maximum absolute atomic E-state index is 14.8. The van der Waals surface area contributed by atoms with Gasteiger partial charge in [-0.05, 0) is 94.9 Å². The predicted octanol–water partition coefficient (Wildman–Crippen LogP) is 6.59. The number of nitrogens with one attached hydrogen (secondary N) is 1. The van der Waals surface area contributed by atoms with E-state index in [1.165, 1.54) is 38.4 Å². The number of pyridine rings is 2. The molecule has 10 rings (SSSR count). The Kier molecular flexibility index (Phi) is 7.49. The molecule has 1 spiro atoms. The van der Waals surface area contributed by atoms with Crippen LogP contribution in [0, 0.1) is 11.7 Å². The number of fused-ring (bicyclic) bond motifs is 6. The van der Waals surface area contributed by atoms with Crippen molar-refractivity contribution in [3.8, 4) is 11.3 Å². The Balaban J connectivity index is 1.10. The first-order valence-electron chi connectivity index (χ1n) is 18.4. The number of halogens is 1. The van der Waals surface area contributed by atoms with Crippen molar-refractivity contribution in [2.75, 3.05) is 29.9 Å². The molecule has 4 aromatic rings. The average molecular weight is 677 g/mol. The van der Waals surface area contributed by atoms with Gasteiger partial charge in [-0.2, -0.15) is 0 Å². The maximum Gasteiger partial charge on any atom is 0.238 e. The van der Waals surface area contributed by atoms with Crippen LogP contribution in [0.2, 0.25) is 0 Å². The molecule has 0 atom stereocenters. The number of benzene rings is 1. The van der Waals surface area contributed by atoms with E-state index in [2.05, 4.69) is 52.1 Å². The molecule has 1 N–H and O–H groups in total. The van der Waals surface area contributed by atoms with Crippen LogP contribution in [0.5, 0.6) is 0 Å². The number of imidazole rings is 1. The Morgan fingerprint density at radius 3 is 2.48 bits per heavy atom. The van der Waals surface area contributed by atoms with Crippen molar-refractivity contribution >= 4 is 40.0 Å². The van der Waals surface area contributed by atoms with Crippen molar-refractivity contribution < 1.29 is 14.0 Å². The Morgan fingerprint density at radius 1 is 1.02 bits per heavy atom. The monoisotopic (exact) mass is 676 g/mol. The van der Waals surface area contributed by atoms with Gasteiger partial charge in [0.05, 0.1) is 34.8 Å². The molecule has 7 heterocycles. The molecule has 260 valence electrons. The number of carbonyl (C=O) groups excluding carboxylic acids is 2. The molecular weight excluding hydrogens is 631 g/mol. The Hall–Kier alpha value is -4.38. The van der Waals surface area contributed by atoms with Crippen molar-refractivity contribution in [1.82, 2.24) is 29.3 Å². The molecule has 10 nitrogen and oxygen atoms in total. The SMILES string of the molecule is CC(=O)N1CCC2(CC1)C(=O)N(C1CC(N3CC4CCC3CC4)C1)c1cc(-c3cc4ncn(C(C)C)c4c(Nc4ccncc4F)n3)ccc12. The zero-order chi connectivity index (χ0) is 34.3. The molecule has 3 saturated heterocycles. The summed E-state index contributed by atoms with van der Waals surface area (Å²) in [6, 6.07) is 11.4. The smallest absolute Gasteiger partial charge is 0.238 e. The van der Waals surface area contributed by atoms with Crippen LogP contribution in [0.15, 0.2) is 49.1 Å². The number of piperidine rings is 3. The first-order valence-corrected chi connectivity index (χ1v) is 18.4. The van der Waals surface area contributed by atoms with Gasteiger partial charge in [0.1, 0.15) is 5.52 Å². The van der Waals surface area contributed by atoms with Gasteiger partial charge in [0.25, 0.3) is 0 Å². The zero-order valence-corrected chi connectivity index (χ0v) is 29.1. The number of rotatable bonds is 6. The number of aromatic nitrogens is 4. The van der Waals surface area contributed by atoms with Crippen LogP contribution in [-0.4, -0.2) is 78.9 Å².